The van der Waals surface area contributed by atoms with Crippen molar-refractivity contribution in [1.29, 1.82) is 5.26 Å². The molecule has 1 aromatic rings. The molecule has 0 saturated heterocycles. The van der Waals surface area contributed by atoms with Gasteiger partial charge < -0.3 is 5.32 Å². The minimum Gasteiger partial charge on any atom is -0.354 e. The highest BCUT2D eigenvalue weighted by molar-refractivity contribution is 5.85. The van der Waals surface area contributed by atoms with Crippen LogP contribution in [0.2, 0.25) is 0 Å². The highest BCUT2D eigenvalue weighted by atomic mass is 16.2. The van der Waals surface area contributed by atoms with Gasteiger partial charge >= 0.3 is 0 Å². The van der Waals surface area contributed by atoms with Crippen molar-refractivity contribution in [3.8, 4) is 6.07 Å². The predicted molar refractivity (Wildman–Crippen MR) is 76.5 cm³/mol. The lowest BCUT2D eigenvalue weighted by Crippen LogP contribution is -2.40. The van der Waals surface area contributed by atoms with E-state index in [2.05, 4.69) is 18.3 Å². The predicted octanol–water partition coefficient (Wildman–Crippen LogP) is 3.24. The molecule has 1 unspecified atom stereocenters. The summed E-state index contributed by atoms with van der Waals surface area (Å²) in [7, 11) is 0. The number of carbonyl (C=O) groups excluding carboxylic acids is 1. The minimum atomic E-state index is -0.879. The lowest BCUT2D eigenvalue weighted by Gasteiger charge is -2.23. The second kappa shape index (κ2) is 6.94. The van der Waals surface area contributed by atoms with E-state index in [9.17, 15) is 10.1 Å². The van der Waals surface area contributed by atoms with Crippen molar-refractivity contribution in [1.82, 2.24) is 5.32 Å². The molecule has 3 heteroatoms. The molecule has 0 saturated carbocycles. The molecular weight excluding hydrogens is 236 g/mol. The van der Waals surface area contributed by atoms with E-state index >= 15 is 0 Å². The van der Waals surface area contributed by atoms with Crippen LogP contribution < -0.4 is 5.32 Å². The van der Waals surface area contributed by atoms with Crippen LogP contribution in [0.1, 0.15) is 45.1 Å². The fourth-order valence-electron chi connectivity index (χ4n) is 2.09. The Hall–Kier alpha value is -1.82. The number of nitrogens with one attached hydrogen (secondary N) is 1. The fraction of sp³-hybridized carbons (Fsp3) is 0.500. The first-order valence-electron chi connectivity index (χ1n) is 6.84. The van der Waals surface area contributed by atoms with Crippen molar-refractivity contribution in [3.05, 3.63) is 35.9 Å². The molecule has 0 aliphatic rings. The first-order chi connectivity index (χ1) is 9.09. The molecule has 102 valence electrons. The Morgan fingerprint density at radius 1 is 1.32 bits per heavy atom. The Labute approximate surface area is 115 Å². The van der Waals surface area contributed by atoms with Crippen molar-refractivity contribution in [2.75, 3.05) is 6.54 Å². The molecular formula is C16H22N2O. The summed E-state index contributed by atoms with van der Waals surface area (Å²) in [4.78, 5) is 12.2. The van der Waals surface area contributed by atoms with E-state index in [4.69, 9.17) is 0 Å². The summed E-state index contributed by atoms with van der Waals surface area (Å²) in [5, 5.41) is 12.1. The highest BCUT2D eigenvalue weighted by Crippen LogP contribution is 2.25. The number of rotatable bonds is 6. The van der Waals surface area contributed by atoms with E-state index in [0.717, 1.165) is 0 Å². The monoisotopic (exact) mass is 258 g/mol. The van der Waals surface area contributed by atoms with Gasteiger partial charge in [0.25, 0.3) is 0 Å². The van der Waals surface area contributed by atoms with Crippen LogP contribution in [0.15, 0.2) is 30.3 Å². The average Bonchev–Trinajstić information content (AvgIpc) is 2.48. The van der Waals surface area contributed by atoms with E-state index < -0.39 is 5.41 Å². The summed E-state index contributed by atoms with van der Waals surface area (Å²) in [6.07, 6.45) is 1.09. The van der Waals surface area contributed by atoms with Crippen LogP contribution in [-0.2, 0) is 4.79 Å². The molecule has 0 bridgehead atoms. The van der Waals surface area contributed by atoms with Crippen LogP contribution in [-0.4, -0.2) is 12.5 Å². The Morgan fingerprint density at radius 3 is 2.37 bits per heavy atom. The minimum absolute atomic E-state index is 0.150. The summed E-state index contributed by atoms with van der Waals surface area (Å²) in [5.41, 5.74) is 0.314. The molecule has 19 heavy (non-hydrogen) atoms. The standard InChI is InChI=1S/C16H22N2O/c1-4-16(5-2,12-17)15(19)18-11-13(3)14-9-7-6-8-10-14/h6-10,13H,4-5,11H2,1-3H3,(H,18,19). The third-order valence-electron chi connectivity index (χ3n) is 3.79. The zero-order valence-corrected chi connectivity index (χ0v) is 11.9. The van der Waals surface area contributed by atoms with E-state index in [-0.39, 0.29) is 11.8 Å². The fourth-order valence-corrected chi connectivity index (χ4v) is 2.09. The van der Waals surface area contributed by atoms with Gasteiger partial charge in [-0.25, -0.2) is 0 Å². The average molecular weight is 258 g/mol. The number of nitrogens with zero attached hydrogens (tertiary/aromatic N) is 1. The molecule has 0 aliphatic heterocycles. The molecule has 0 aliphatic carbocycles. The van der Waals surface area contributed by atoms with Crippen molar-refractivity contribution < 1.29 is 4.79 Å². The summed E-state index contributed by atoms with van der Waals surface area (Å²) in [6.45, 7) is 6.40. The van der Waals surface area contributed by atoms with Gasteiger partial charge in [0.2, 0.25) is 5.91 Å². The quantitative estimate of drug-likeness (QED) is 0.851. The van der Waals surface area contributed by atoms with Gasteiger partial charge in [-0.05, 0) is 24.3 Å². The van der Waals surface area contributed by atoms with Crippen molar-refractivity contribution in [3.63, 3.8) is 0 Å². The molecule has 0 aromatic heterocycles. The maximum atomic E-state index is 12.2. The van der Waals surface area contributed by atoms with Gasteiger partial charge in [-0.15, -0.1) is 0 Å². The zero-order valence-electron chi connectivity index (χ0n) is 11.9. The Bertz CT molecular complexity index is 444. The second-order valence-electron chi connectivity index (χ2n) is 4.92. The van der Waals surface area contributed by atoms with Crippen LogP contribution in [0.4, 0.5) is 0 Å². The Kier molecular flexibility index (Phi) is 5.57. The van der Waals surface area contributed by atoms with E-state index in [1.54, 1.807) is 0 Å². The van der Waals surface area contributed by atoms with Gasteiger partial charge in [0.05, 0.1) is 6.07 Å². The molecule has 1 rings (SSSR count). The smallest absolute Gasteiger partial charge is 0.240 e. The first-order valence-corrected chi connectivity index (χ1v) is 6.84. The van der Waals surface area contributed by atoms with Gasteiger partial charge in [0, 0.05) is 6.54 Å². The lowest BCUT2D eigenvalue weighted by atomic mass is 9.83. The van der Waals surface area contributed by atoms with Gasteiger partial charge in [-0.1, -0.05) is 51.1 Å². The van der Waals surface area contributed by atoms with Crippen LogP contribution in [0.25, 0.3) is 0 Å². The van der Waals surface area contributed by atoms with E-state index in [1.165, 1.54) is 5.56 Å². The molecule has 1 atom stereocenters. The van der Waals surface area contributed by atoms with Crippen LogP contribution in [0, 0.1) is 16.7 Å². The number of hydrogen-bond acceptors (Lipinski definition) is 2. The number of hydrogen-bond donors (Lipinski definition) is 1. The van der Waals surface area contributed by atoms with Gasteiger partial charge in [-0.2, -0.15) is 5.26 Å². The van der Waals surface area contributed by atoms with Crippen molar-refractivity contribution in [2.45, 2.75) is 39.5 Å². The maximum Gasteiger partial charge on any atom is 0.240 e. The zero-order chi connectivity index (χ0) is 14.3. The van der Waals surface area contributed by atoms with Crippen LogP contribution in [0.5, 0.6) is 0 Å². The molecule has 0 fully saturated rings. The molecule has 1 N–H and O–H groups in total. The number of nitriles is 1. The lowest BCUT2D eigenvalue weighted by molar-refractivity contribution is -0.128. The molecule has 1 amide bonds. The normalized spacial score (nSPS) is 12.5. The van der Waals surface area contributed by atoms with Crippen molar-refractivity contribution >= 4 is 5.91 Å². The summed E-state index contributed by atoms with van der Waals surface area (Å²) in [6, 6.07) is 12.2. The summed E-state index contributed by atoms with van der Waals surface area (Å²) in [5.74, 6) is 0.0954. The molecule has 3 nitrogen and oxygen atoms in total. The Morgan fingerprint density at radius 2 is 1.89 bits per heavy atom. The highest BCUT2D eigenvalue weighted by Gasteiger charge is 2.34. The number of carbonyl (C=O) groups is 1. The number of amides is 1. The summed E-state index contributed by atoms with van der Waals surface area (Å²) >= 11 is 0. The van der Waals surface area contributed by atoms with Crippen molar-refractivity contribution in [2.24, 2.45) is 5.41 Å². The molecule has 0 spiro atoms. The SMILES string of the molecule is CCC(C#N)(CC)C(=O)NCC(C)c1ccccc1. The topological polar surface area (TPSA) is 52.9 Å². The maximum absolute atomic E-state index is 12.2. The second-order valence-corrected chi connectivity index (χ2v) is 4.92. The molecule has 1 aromatic carbocycles. The van der Waals surface area contributed by atoms with E-state index in [0.29, 0.717) is 19.4 Å². The summed E-state index contributed by atoms with van der Waals surface area (Å²) < 4.78 is 0. The third kappa shape index (κ3) is 3.57. The Balaban J connectivity index is 2.62. The van der Waals surface area contributed by atoms with Crippen LogP contribution >= 0.6 is 0 Å². The van der Waals surface area contributed by atoms with Crippen LogP contribution in [0.3, 0.4) is 0 Å². The third-order valence-corrected chi connectivity index (χ3v) is 3.79. The first kappa shape index (κ1) is 15.2. The van der Waals surface area contributed by atoms with E-state index in [1.807, 2.05) is 44.2 Å². The number of benzene rings is 1. The van der Waals surface area contributed by atoms with Gasteiger partial charge in [-0.3, -0.25) is 4.79 Å². The van der Waals surface area contributed by atoms with Gasteiger partial charge in [0.1, 0.15) is 5.41 Å². The largest absolute Gasteiger partial charge is 0.354 e. The molecule has 0 radical (unpaired) electrons. The molecule has 0 heterocycles. The van der Waals surface area contributed by atoms with Gasteiger partial charge in [0.15, 0.2) is 0 Å².